The van der Waals surface area contributed by atoms with Gasteiger partial charge in [0.1, 0.15) is 18.2 Å². The van der Waals surface area contributed by atoms with Crippen LogP contribution in [0.4, 0.5) is 9.18 Å². The second-order valence-corrected chi connectivity index (χ2v) is 6.78. The lowest BCUT2D eigenvalue weighted by atomic mass is 10.1. The summed E-state index contributed by atoms with van der Waals surface area (Å²) < 4.78 is 19.1. The molecule has 4 nitrogen and oxygen atoms in total. The first-order valence-corrected chi connectivity index (χ1v) is 9.11. The number of amides is 2. The molecule has 2 aromatic carbocycles. The van der Waals surface area contributed by atoms with Crippen LogP contribution in [0.2, 0.25) is 0 Å². The molecule has 2 amide bonds. The number of para-hydroxylation sites is 1. The van der Waals surface area contributed by atoms with Crippen molar-refractivity contribution in [1.29, 1.82) is 0 Å². The summed E-state index contributed by atoms with van der Waals surface area (Å²) in [6.45, 7) is 2.54. The average molecular weight is 371 g/mol. The summed E-state index contributed by atoms with van der Waals surface area (Å²) in [4.78, 5) is 26.0. The van der Waals surface area contributed by atoms with Crippen LogP contribution < -0.4 is 4.74 Å². The highest BCUT2D eigenvalue weighted by molar-refractivity contribution is 8.18. The molecular weight excluding hydrogens is 353 g/mol. The number of thioether (sulfide) groups is 1. The number of rotatable bonds is 6. The van der Waals surface area contributed by atoms with E-state index < -0.39 is 0 Å². The zero-order chi connectivity index (χ0) is 18.5. The Morgan fingerprint density at radius 1 is 1.15 bits per heavy atom. The van der Waals surface area contributed by atoms with Gasteiger partial charge in [0.05, 0.1) is 4.91 Å². The summed E-state index contributed by atoms with van der Waals surface area (Å²) in [7, 11) is 0. The van der Waals surface area contributed by atoms with Crippen LogP contribution in [0, 0.1) is 5.82 Å². The fraction of sp³-hybridized carbons (Fsp3) is 0.200. The zero-order valence-corrected chi connectivity index (χ0v) is 15.1. The van der Waals surface area contributed by atoms with Crippen molar-refractivity contribution >= 4 is 29.0 Å². The molecule has 1 aliphatic rings. The fourth-order valence-electron chi connectivity index (χ4n) is 2.58. The van der Waals surface area contributed by atoms with E-state index in [2.05, 4.69) is 0 Å². The third-order valence-corrected chi connectivity index (χ3v) is 4.72. The molecule has 26 heavy (non-hydrogen) atoms. The van der Waals surface area contributed by atoms with Gasteiger partial charge in [0.15, 0.2) is 0 Å². The molecule has 0 atom stereocenters. The molecule has 1 fully saturated rings. The Morgan fingerprint density at radius 3 is 2.73 bits per heavy atom. The molecule has 6 heteroatoms. The van der Waals surface area contributed by atoms with Crippen LogP contribution in [0.5, 0.6) is 5.75 Å². The predicted octanol–water partition coefficient (Wildman–Crippen LogP) is 4.85. The maximum atomic E-state index is 13.3. The van der Waals surface area contributed by atoms with Crippen molar-refractivity contribution in [2.75, 3.05) is 6.54 Å². The van der Waals surface area contributed by atoms with Crippen molar-refractivity contribution in [1.82, 2.24) is 4.90 Å². The molecular formula is C20H18FNO3S. The number of halogens is 1. The van der Waals surface area contributed by atoms with E-state index in [1.165, 1.54) is 17.0 Å². The smallest absolute Gasteiger partial charge is 0.293 e. The van der Waals surface area contributed by atoms with Crippen LogP contribution in [-0.2, 0) is 11.4 Å². The fourth-order valence-corrected chi connectivity index (χ4v) is 3.43. The van der Waals surface area contributed by atoms with Gasteiger partial charge >= 0.3 is 0 Å². The van der Waals surface area contributed by atoms with Gasteiger partial charge in [0.25, 0.3) is 11.1 Å². The van der Waals surface area contributed by atoms with Gasteiger partial charge in [-0.2, -0.15) is 0 Å². The van der Waals surface area contributed by atoms with Gasteiger partial charge in [0.2, 0.25) is 0 Å². The molecule has 1 aliphatic heterocycles. The highest BCUT2D eigenvalue weighted by atomic mass is 32.2. The Hall–Kier alpha value is -2.60. The molecule has 0 N–H and O–H groups in total. The average Bonchev–Trinajstić information content (AvgIpc) is 2.89. The van der Waals surface area contributed by atoms with Gasteiger partial charge < -0.3 is 4.74 Å². The molecule has 0 aromatic heterocycles. The van der Waals surface area contributed by atoms with Crippen LogP contribution >= 0.6 is 11.8 Å². The van der Waals surface area contributed by atoms with Crippen molar-refractivity contribution in [2.24, 2.45) is 0 Å². The molecule has 0 unspecified atom stereocenters. The third-order valence-electron chi connectivity index (χ3n) is 3.81. The maximum absolute atomic E-state index is 13.3. The molecule has 134 valence electrons. The summed E-state index contributed by atoms with van der Waals surface area (Å²) in [5, 5.41) is -0.249. The van der Waals surface area contributed by atoms with Crippen LogP contribution in [0.1, 0.15) is 24.5 Å². The molecule has 2 aromatic rings. The summed E-state index contributed by atoms with van der Waals surface area (Å²) in [6.07, 6.45) is 2.39. The monoisotopic (exact) mass is 371 g/mol. The number of imide groups is 1. The second kappa shape index (κ2) is 8.19. The standard InChI is InChI=1S/C20H18FNO3S/c1-2-10-22-19(23)18(26-20(22)24)12-15-7-3-4-9-17(15)25-13-14-6-5-8-16(21)11-14/h3-9,11-12H,2,10,13H2,1H3/b18-12+. The molecule has 0 aliphatic carbocycles. The number of nitrogens with zero attached hydrogens (tertiary/aromatic N) is 1. The van der Waals surface area contributed by atoms with Gasteiger partial charge in [0, 0.05) is 12.1 Å². The molecule has 0 radical (unpaired) electrons. The van der Waals surface area contributed by atoms with Crippen LogP contribution in [-0.4, -0.2) is 22.6 Å². The van der Waals surface area contributed by atoms with Crippen molar-refractivity contribution in [2.45, 2.75) is 20.0 Å². The number of hydrogen-bond acceptors (Lipinski definition) is 4. The van der Waals surface area contributed by atoms with Crippen molar-refractivity contribution in [3.05, 3.63) is 70.4 Å². The minimum absolute atomic E-state index is 0.208. The van der Waals surface area contributed by atoms with Gasteiger partial charge in [-0.05, 0) is 48.0 Å². The van der Waals surface area contributed by atoms with E-state index in [0.717, 1.165) is 18.2 Å². The van der Waals surface area contributed by atoms with Gasteiger partial charge in [-0.3, -0.25) is 14.5 Å². The number of carbonyl (C=O) groups is 2. The molecule has 1 heterocycles. The van der Waals surface area contributed by atoms with E-state index >= 15 is 0 Å². The minimum atomic E-state index is -0.316. The first-order valence-electron chi connectivity index (χ1n) is 8.30. The third kappa shape index (κ3) is 4.14. The lowest BCUT2D eigenvalue weighted by Crippen LogP contribution is -2.28. The van der Waals surface area contributed by atoms with Crippen LogP contribution in [0.3, 0.4) is 0 Å². The van der Waals surface area contributed by atoms with E-state index in [4.69, 9.17) is 4.74 Å². The second-order valence-electron chi connectivity index (χ2n) is 5.79. The lowest BCUT2D eigenvalue weighted by molar-refractivity contribution is -0.122. The molecule has 0 saturated carbocycles. The SMILES string of the molecule is CCCN1C(=O)S/C(=C/c2ccccc2OCc2cccc(F)c2)C1=O. The summed E-state index contributed by atoms with van der Waals surface area (Å²) in [5.41, 5.74) is 1.41. The van der Waals surface area contributed by atoms with Gasteiger partial charge in [-0.25, -0.2) is 4.39 Å². The summed E-state index contributed by atoms with van der Waals surface area (Å²) >= 11 is 0.935. The Labute approximate surface area is 155 Å². The van der Waals surface area contributed by atoms with Crippen molar-refractivity contribution in [3.63, 3.8) is 0 Å². The van der Waals surface area contributed by atoms with E-state index in [1.807, 2.05) is 25.1 Å². The van der Waals surface area contributed by atoms with E-state index in [0.29, 0.717) is 28.3 Å². The topological polar surface area (TPSA) is 46.6 Å². The van der Waals surface area contributed by atoms with Gasteiger partial charge in [-0.1, -0.05) is 37.3 Å². The first-order chi connectivity index (χ1) is 12.6. The number of hydrogen-bond donors (Lipinski definition) is 0. The normalized spacial score (nSPS) is 15.8. The summed E-state index contributed by atoms with van der Waals surface area (Å²) in [6, 6.07) is 13.4. The van der Waals surface area contributed by atoms with Gasteiger partial charge in [-0.15, -0.1) is 0 Å². The Balaban J connectivity index is 1.79. The highest BCUT2D eigenvalue weighted by Crippen LogP contribution is 2.34. The molecule has 0 bridgehead atoms. The quantitative estimate of drug-likeness (QED) is 0.681. The summed E-state index contributed by atoms with van der Waals surface area (Å²) in [5.74, 6) is -0.0233. The van der Waals surface area contributed by atoms with Crippen molar-refractivity contribution < 1.29 is 18.7 Å². The maximum Gasteiger partial charge on any atom is 0.293 e. The number of benzene rings is 2. The Morgan fingerprint density at radius 2 is 1.96 bits per heavy atom. The zero-order valence-electron chi connectivity index (χ0n) is 14.3. The predicted molar refractivity (Wildman–Crippen MR) is 100 cm³/mol. The Kier molecular flexibility index (Phi) is 5.73. The van der Waals surface area contributed by atoms with E-state index in [-0.39, 0.29) is 23.6 Å². The lowest BCUT2D eigenvalue weighted by Gasteiger charge is -2.11. The molecule has 1 saturated heterocycles. The number of ether oxygens (including phenoxy) is 1. The van der Waals surface area contributed by atoms with Crippen molar-refractivity contribution in [3.8, 4) is 5.75 Å². The largest absolute Gasteiger partial charge is 0.488 e. The molecule has 3 rings (SSSR count). The van der Waals surface area contributed by atoms with Crippen LogP contribution in [0.25, 0.3) is 6.08 Å². The minimum Gasteiger partial charge on any atom is -0.488 e. The van der Waals surface area contributed by atoms with E-state index in [1.54, 1.807) is 24.3 Å². The molecule has 0 spiro atoms. The van der Waals surface area contributed by atoms with Crippen LogP contribution in [0.15, 0.2) is 53.4 Å². The number of carbonyl (C=O) groups excluding carboxylic acids is 2. The Bertz CT molecular complexity index is 866. The first kappa shape index (κ1) is 18.2. The van der Waals surface area contributed by atoms with E-state index in [9.17, 15) is 14.0 Å². The highest BCUT2D eigenvalue weighted by Gasteiger charge is 2.34.